The van der Waals surface area contributed by atoms with Crippen LogP contribution in [0.1, 0.15) is 74.5 Å². The standard InChI is InChI=1S/C40H47FN4O9S/c1-53-28-14-12-24(13-15-28)18-35(46)42-33-11-6-4-2-3-5-9-27-22-40(27,39(50)44-55(51,52)30-16-17-30)43-36(47)34-21-29(23-45(34)37(33)48)54-38(49)26-19-25-8-7-10-32(41)31(25)20-26/h5,7-10,12-15,26-27,29-30,33-34H,2-4,6,11,16-23H2,1H3,(H,42,46)(H,43,47)(H,44,50)/b9-5-/t26?,27?,29-,33+,34?,40-/m1/s1. The van der Waals surface area contributed by atoms with Crippen LogP contribution in [0.25, 0.3) is 0 Å². The Morgan fingerprint density at radius 3 is 2.53 bits per heavy atom. The fourth-order valence-electron chi connectivity index (χ4n) is 8.06. The van der Waals surface area contributed by atoms with E-state index in [2.05, 4.69) is 15.4 Å². The molecular weight excluding hydrogens is 732 g/mol. The van der Waals surface area contributed by atoms with Crippen molar-refractivity contribution >= 4 is 39.6 Å². The van der Waals surface area contributed by atoms with Crippen LogP contribution in [-0.2, 0) is 58.0 Å². The van der Waals surface area contributed by atoms with Gasteiger partial charge in [-0.15, -0.1) is 0 Å². The Bertz CT molecular complexity index is 1990. The van der Waals surface area contributed by atoms with Crippen LogP contribution >= 0.6 is 0 Å². The summed E-state index contributed by atoms with van der Waals surface area (Å²) in [5.74, 6) is -3.90. The molecule has 2 aromatic carbocycles. The van der Waals surface area contributed by atoms with Crippen LogP contribution in [0.5, 0.6) is 5.75 Å². The van der Waals surface area contributed by atoms with E-state index in [-0.39, 0.29) is 32.2 Å². The molecule has 2 heterocycles. The second-order valence-corrected chi connectivity index (χ2v) is 17.4. The molecule has 0 radical (unpaired) electrons. The number of sulfonamides is 1. The summed E-state index contributed by atoms with van der Waals surface area (Å²) in [5, 5.41) is 5.05. The zero-order valence-corrected chi connectivity index (χ0v) is 31.6. The highest BCUT2D eigenvalue weighted by Crippen LogP contribution is 2.46. The Morgan fingerprint density at radius 2 is 1.80 bits per heavy atom. The van der Waals surface area contributed by atoms with E-state index in [0.717, 1.165) is 18.4 Å². The maximum atomic E-state index is 14.5. The van der Waals surface area contributed by atoms with Gasteiger partial charge in [0.2, 0.25) is 27.7 Å². The number of allylic oxidation sites excluding steroid dienone is 1. The molecule has 3 unspecified atom stereocenters. The van der Waals surface area contributed by atoms with Crippen LogP contribution in [0.15, 0.2) is 54.6 Å². The molecule has 0 aromatic heterocycles. The molecule has 6 atom stereocenters. The van der Waals surface area contributed by atoms with Crippen molar-refractivity contribution in [3.05, 3.63) is 77.1 Å². The van der Waals surface area contributed by atoms with Crippen molar-refractivity contribution in [2.24, 2.45) is 11.8 Å². The average Bonchev–Trinajstić information content (AvgIpc) is 4.04. The highest BCUT2D eigenvalue weighted by atomic mass is 32.2. The second kappa shape index (κ2) is 15.8. The minimum absolute atomic E-state index is 0.00409. The first kappa shape index (κ1) is 38.5. The number of esters is 1. The summed E-state index contributed by atoms with van der Waals surface area (Å²) in [6, 6.07) is 9.49. The quantitative estimate of drug-likeness (QED) is 0.255. The van der Waals surface area contributed by atoms with Crippen molar-refractivity contribution < 1.29 is 46.3 Å². The van der Waals surface area contributed by atoms with Crippen LogP contribution in [0.2, 0.25) is 0 Å². The molecule has 2 aromatic rings. The van der Waals surface area contributed by atoms with Crippen LogP contribution in [0.3, 0.4) is 0 Å². The lowest BCUT2D eigenvalue weighted by atomic mass is 10.0. The number of rotatable bonds is 9. The molecule has 55 heavy (non-hydrogen) atoms. The molecule has 0 bridgehead atoms. The molecule has 2 aliphatic heterocycles. The molecule has 3 N–H and O–H groups in total. The predicted octanol–water partition coefficient (Wildman–Crippen LogP) is 2.79. The topological polar surface area (TPSA) is 177 Å². The molecule has 15 heteroatoms. The maximum absolute atomic E-state index is 14.5. The van der Waals surface area contributed by atoms with E-state index in [9.17, 15) is 36.8 Å². The number of benzene rings is 2. The zero-order valence-electron chi connectivity index (χ0n) is 30.8. The lowest BCUT2D eigenvalue weighted by Crippen LogP contribution is -2.58. The zero-order chi connectivity index (χ0) is 38.9. The minimum atomic E-state index is -3.92. The number of carbonyl (C=O) groups excluding carboxylic acids is 5. The van der Waals surface area contributed by atoms with Crippen LogP contribution in [0, 0.1) is 17.7 Å². The van der Waals surface area contributed by atoms with Crippen LogP contribution in [0.4, 0.5) is 4.39 Å². The van der Waals surface area contributed by atoms with Gasteiger partial charge in [0, 0.05) is 12.3 Å². The fourth-order valence-corrected chi connectivity index (χ4v) is 9.42. The highest BCUT2D eigenvalue weighted by Gasteiger charge is 2.62. The number of hydrogen-bond acceptors (Lipinski definition) is 9. The third-order valence-corrected chi connectivity index (χ3v) is 13.3. The summed E-state index contributed by atoms with van der Waals surface area (Å²) < 4.78 is 53.4. The largest absolute Gasteiger partial charge is 0.497 e. The van der Waals surface area contributed by atoms with Crippen LogP contribution < -0.4 is 20.1 Å². The molecule has 3 fully saturated rings. The number of nitrogens with zero attached hydrogens (tertiary/aromatic N) is 1. The predicted molar refractivity (Wildman–Crippen MR) is 197 cm³/mol. The number of carbonyl (C=O) groups is 5. The summed E-state index contributed by atoms with van der Waals surface area (Å²) in [6.45, 7) is -0.153. The van der Waals surface area contributed by atoms with Gasteiger partial charge in [0.25, 0.3) is 5.91 Å². The van der Waals surface area contributed by atoms with Gasteiger partial charge in [0.1, 0.15) is 35.3 Å². The van der Waals surface area contributed by atoms with E-state index in [4.69, 9.17) is 9.47 Å². The Morgan fingerprint density at radius 1 is 1.02 bits per heavy atom. The SMILES string of the molecule is COc1ccc(CC(=O)N[C@H]2CCCCC/C=C\C3C[C@@]3(C(=O)NS(=O)(=O)C3CC3)NC(=O)C3C[C@@H](OC(=O)C4Cc5cccc(F)c5C4)CN3C2=O)cc1. The van der Waals surface area contributed by atoms with Gasteiger partial charge in [-0.25, -0.2) is 12.8 Å². The fraction of sp³-hybridized carbons (Fsp3) is 0.525. The normalized spacial score (nSPS) is 28.6. The molecule has 3 aliphatic carbocycles. The summed E-state index contributed by atoms with van der Waals surface area (Å²) in [4.78, 5) is 70.6. The number of amides is 4. The number of ether oxygens (including phenoxy) is 2. The molecule has 2 saturated carbocycles. The molecule has 7 rings (SSSR count). The van der Waals surface area contributed by atoms with E-state index in [0.29, 0.717) is 55.4 Å². The number of methoxy groups -OCH3 is 1. The van der Waals surface area contributed by atoms with Gasteiger partial charge in [-0.05, 0) is 86.3 Å². The third-order valence-electron chi connectivity index (χ3n) is 11.5. The molecular formula is C40H47FN4O9S. The smallest absolute Gasteiger partial charge is 0.309 e. The van der Waals surface area contributed by atoms with Crippen molar-refractivity contribution in [2.75, 3.05) is 13.7 Å². The van der Waals surface area contributed by atoms with E-state index in [1.165, 1.54) is 11.0 Å². The van der Waals surface area contributed by atoms with Gasteiger partial charge >= 0.3 is 5.97 Å². The lowest BCUT2D eigenvalue weighted by molar-refractivity contribution is -0.153. The van der Waals surface area contributed by atoms with E-state index < -0.39 is 86.3 Å². The summed E-state index contributed by atoms with van der Waals surface area (Å²) in [5.41, 5.74) is 0.348. The van der Waals surface area contributed by atoms with Gasteiger partial charge in [0.05, 0.1) is 31.2 Å². The van der Waals surface area contributed by atoms with Crippen molar-refractivity contribution in [2.45, 2.75) is 106 Å². The Balaban J connectivity index is 1.13. The van der Waals surface area contributed by atoms with Crippen molar-refractivity contribution in [1.29, 1.82) is 0 Å². The Hall–Kier alpha value is -4.79. The Kier molecular flexibility index (Phi) is 11.0. The number of hydrogen-bond donors (Lipinski definition) is 3. The number of halogens is 1. The summed E-state index contributed by atoms with van der Waals surface area (Å²) in [6.07, 6.45) is 7.35. The summed E-state index contributed by atoms with van der Waals surface area (Å²) in [7, 11) is -2.38. The first-order valence-corrected chi connectivity index (χ1v) is 20.7. The molecule has 294 valence electrons. The van der Waals surface area contributed by atoms with E-state index in [1.54, 1.807) is 43.5 Å². The van der Waals surface area contributed by atoms with Crippen molar-refractivity contribution in [1.82, 2.24) is 20.3 Å². The van der Waals surface area contributed by atoms with Gasteiger partial charge in [-0.3, -0.25) is 28.7 Å². The highest BCUT2D eigenvalue weighted by molar-refractivity contribution is 7.91. The monoisotopic (exact) mass is 778 g/mol. The van der Waals surface area contributed by atoms with E-state index >= 15 is 0 Å². The minimum Gasteiger partial charge on any atom is -0.497 e. The van der Waals surface area contributed by atoms with Gasteiger partial charge in [-0.1, -0.05) is 49.3 Å². The molecule has 0 spiro atoms. The van der Waals surface area contributed by atoms with Gasteiger partial charge in [-0.2, -0.15) is 0 Å². The number of nitrogens with one attached hydrogen (secondary N) is 3. The van der Waals surface area contributed by atoms with Crippen LogP contribution in [-0.4, -0.2) is 85.5 Å². The van der Waals surface area contributed by atoms with Gasteiger partial charge < -0.3 is 25.0 Å². The average molecular weight is 779 g/mol. The molecule has 4 amide bonds. The number of fused-ring (bicyclic) bond motifs is 3. The molecule has 13 nitrogen and oxygen atoms in total. The summed E-state index contributed by atoms with van der Waals surface area (Å²) >= 11 is 0. The Labute approximate surface area is 319 Å². The first-order chi connectivity index (χ1) is 26.4. The lowest BCUT2D eigenvalue weighted by Gasteiger charge is -2.30. The molecule has 1 saturated heterocycles. The molecule has 5 aliphatic rings. The van der Waals surface area contributed by atoms with Gasteiger partial charge in [0.15, 0.2) is 0 Å². The second-order valence-electron chi connectivity index (χ2n) is 15.4. The van der Waals surface area contributed by atoms with E-state index in [1.807, 2.05) is 12.2 Å². The first-order valence-electron chi connectivity index (χ1n) is 19.1. The van der Waals surface area contributed by atoms with Crippen molar-refractivity contribution in [3.63, 3.8) is 0 Å². The third kappa shape index (κ3) is 8.56. The van der Waals surface area contributed by atoms with Crippen molar-refractivity contribution in [3.8, 4) is 5.75 Å². The maximum Gasteiger partial charge on any atom is 0.309 e.